The van der Waals surface area contributed by atoms with E-state index in [1.807, 2.05) is 35.2 Å². The van der Waals surface area contributed by atoms with Gasteiger partial charge in [0.05, 0.1) is 13.2 Å². The van der Waals surface area contributed by atoms with Crippen LogP contribution >= 0.6 is 0 Å². The van der Waals surface area contributed by atoms with Crippen molar-refractivity contribution in [3.05, 3.63) is 65.7 Å². The predicted octanol–water partition coefficient (Wildman–Crippen LogP) is 3.89. The molecule has 0 unspecified atom stereocenters. The molecule has 0 N–H and O–H groups in total. The Kier molecular flexibility index (Phi) is 5.21. The highest BCUT2D eigenvalue weighted by Gasteiger charge is 2.26. The van der Waals surface area contributed by atoms with E-state index in [2.05, 4.69) is 29.2 Å². The smallest absolute Gasteiger partial charge is 0.254 e. The average Bonchev–Trinajstić information content (AvgIpc) is 2.75. The molecule has 4 heteroatoms. The summed E-state index contributed by atoms with van der Waals surface area (Å²) >= 11 is 0. The van der Waals surface area contributed by atoms with Gasteiger partial charge in [0, 0.05) is 30.9 Å². The number of hydrogen-bond donors (Lipinski definition) is 0. The van der Waals surface area contributed by atoms with Crippen LogP contribution in [-0.4, -0.2) is 43.6 Å². The fourth-order valence-corrected chi connectivity index (χ4v) is 3.85. The van der Waals surface area contributed by atoms with Gasteiger partial charge in [0.2, 0.25) is 0 Å². The van der Waals surface area contributed by atoms with Crippen LogP contribution in [-0.2, 0) is 4.74 Å². The Morgan fingerprint density at radius 1 is 0.885 bits per heavy atom. The van der Waals surface area contributed by atoms with E-state index in [0.29, 0.717) is 19.7 Å². The Labute approximate surface area is 155 Å². The van der Waals surface area contributed by atoms with Crippen molar-refractivity contribution in [2.75, 3.05) is 37.7 Å². The van der Waals surface area contributed by atoms with Gasteiger partial charge in [-0.2, -0.15) is 0 Å². The monoisotopic (exact) mass is 350 g/mol. The maximum absolute atomic E-state index is 12.9. The maximum Gasteiger partial charge on any atom is 0.254 e. The molecule has 2 aliphatic rings. The van der Waals surface area contributed by atoms with Crippen LogP contribution in [0.3, 0.4) is 0 Å². The van der Waals surface area contributed by atoms with Gasteiger partial charge in [-0.1, -0.05) is 30.3 Å². The van der Waals surface area contributed by atoms with Crippen LogP contribution in [0.4, 0.5) is 5.69 Å². The molecule has 2 fully saturated rings. The van der Waals surface area contributed by atoms with Crippen molar-refractivity contribution in [3.8, 4) is 0 Å². The zero-order valence-electron chi connectivity index (χ0n) is 15.1. The number of rotatable bonds is 3. The van der Waals surface area contributed by atoms with Crippen LogP contribution < -0.4 is 4.90 Å². The van der Waals surface area contributed by atoms with Gasteiger partial charge in [0.1, 0.15) is 6.10 Å². The molecular formula is C22H26N2O2. The minimum atomic E-state index is -0.0403. The number of carbonyl (C=O) groups excluding carboxylic acids is 1. The third-order valence-corrected chi connectivity index (χ3v) is 5.36. The first-order chi connectivity index (χ1) is 12.8. The topological polar surface area (TPSA) is 32.8 Å². The first-order valence-electron chi connectivity index (χ1n) is 9.62. The highest BCUT2D eigenvalue weighted by atomic mass is 16.5. The van der Waals surface area contributed by atoms with Gasteiger partial charge in [-0.05, 0) is 49.1 Å². The van der Waals surface area contributed by atoms with Gasteiger partial charge in [-0.15, -0.1) is 0 Å². The average molecular weight is 350 g/mol. The van der Waals surface area contributed by atoms with Gasteiger partial charge in [-0.3, -0.25) is 4.79 Å². The van der Waals surface area contributed by atoms with E-state index >= 15 is 0 Å². The molecule has 4 nitrogen and oxygen atoms in total. The third kappa shape index (κ3) is 3.75. The zero-order chi connectivity index (χ0) is 17.8. The number of benzene rings is 2. The number of ether oxygens (including phenoxy) is 1. The first-order valence-corrected chi connectivity index (χ1v) is 9.62. The molecule has 0 saturated carbocycles. The van der Waals surface area contributed by atoms with Crippen LogP contribution in [0.2, 0.25) is 0 Å². The van der Waals surface area contributed by atoms with E-state index in [0.717, 1.165) is 24.2 Å². The third-order valence-electron chi connectivity index (χ3n) is 5.36. The lowest BCUT2D eigenvalue weighted by Crippen LogP contribution is -2.42. The van der Waals surface area contributed by atoms with Crippen LogP contribution in [0.15, 0.2) is 54.6 Å². The molecule has 2 aromatic carbocycles. The number of anilines is 1. The van der Waals surface area contributed by atoms with Crippen molar-refractivity contribution < 1.29 is 9.53 Å². The minimum Gasteiger partial charge on any atom is -0.372 e. The van der Waals surface area contributed by atoms with E-state index < -0.39 is 0 Å². The number of nitrogens with zero attached hydrogens (tertiary/aromatic N) is 2. The Bertz CT molecular complexity index is 724. The molecule has 136 valence electrons. The van der Waals surface area contributed by atoms with Gasteiger partial charge in [0.15, 0.2) is 0 Å². The summed E-state index contributed by atoms with van der Waals surface area (Å²) < 4.78 is 5.88. The molecule has 4 rings (SSSR count). The van der Waals surface area contributed by atoms with Crippen LogP contribution in [0.25, 0.3) is 0 Å². The van der Waals surface area contributed by atoms with Crippen LogP contribution in [0, 0.1) is 0 Å². The SMILES string of the molecule is O=C(c1ccc(N2CCCCC2)cc1)N1CCO[C@H](c2ccccc2)C1. The standard InChI is InChI=1S/C22H26N2O2/c25-22(19-9-11-20(12-10-19)23-13-5-2-6-14-23)24-15-16-26-21(17-24)18-7-3-1-4-8-18/h1,3-4,7-12,21H,2,5-6,13-17H2/t21-/m0/s1. The van der Waals surface area contributed by atoms with Crippen molar-refractivity contribution in [2.24, 2.45) is 0 Å². The molecule has 2 aliphatic heterocycles. The fourth-order valence-electron chi connectivity index (χ4n) is 3.85. The summed E-state index contributed by atoms with van der Waals surface area (Å²) in [6.07, 6.45) is 3.80. The van der Waals surface area contributed by atoms with Crippen molar-refractivity contribution in [3.63, 3.8) is 0 Å². The van der Waals surface area contributed by atoms with Crippen LogP contribution in [0.5, 0.6) is 0 Å². The molecular weight excluding hydrogens is 324 g/mol. The largest absolute Gasteiger partial charge is 0.372 e. The van der Waals surface area contributed by atoms with Crippen molar-refractivity contribution in [1.29, 1.82) is 0 Å². The summed E-state index contributed by atoms with van der Waals surface area (Å²) in [7, 11) is 0. The summed E-state index contributed by atoms with van der Waals surface area (Å²) in [6.45, 7) is 4.08. The van der Waals surface area contributed by atoms with Gasteiger partial charge in [-0.25, -0.2) is 0 Å². The highest BCUT2D eigenvalue weighted by molar-refractivity contribution is 5.94. The minimum absolute atomic E-state index is 0.0403. The van der Waals surface area contributed by atoms with E-state index in [1.54, 1.807) is 0 Å². The summed E-state index contributed by atoms with van der Waals surface area (Å²) in [5.41, 5.74) is 3.12. The quantitative estimate of drug-likeness (QED) is 0.842. The van der Waals surface area contributed by atoms with Crippen molar-refractivity contribution in [1.82, 2.24) is 4.90 Å². The molecule has 26 heavy (non-hydrogen) atoms. The number of carbonyl (C=O) groups is 1. The Morgan fingerprint density at radius 3 is 2.35 bits per heavy atom. The highest BCUT2D eigenvalue weighted by Crippen LogP contribution is 2.24. The summed E-state index contributed by atoms with van der Waals surface area (Å²) in [6, 6.07) is 18.3. The number of piperidine rings is 1. The van der Waals surface area contributed by atoms with Gasteiger partial charge < -0.3 is 14.5 Å². The van der Waals surface area contributed by atoms with Gasteiger partial charge in [0.25, 0.3) is 5.91 Å². The van der Waals surface area contributed by atoms with E-state index in [9.17, 15) is 4.79 Å². The predicted molar refractivity (Wildman–Crippen MR) is 104 cm³/mol. The fraction of sp³-hybridized carbons (Fsp3) is 0.409. The van der Waals surface area contributed by atoms with Crippen molar-refractivity contribution in [2.45, 2.75) is 25.4 Å². The molecule has 0 aliphatic carbocycles. The van der Waals surface area contributed by atoms with E-state index in [1.165, 1.54) is 24.9 Å². The second-order valence-corrected chi connectivity index (χ2v) is 7.12. The van der Waals surface area contributed by atoms with E-state index in [4.69, 9.17) is 4.74 Å². The lowest BCUT2D eigenvalue weighted by molar-refractivity contribution is -0.0228. The Balaban J connectivity index is 1.43. The van der Waals surface area contributed by atoms with E-state index in [-0.39, 0.29) is 12.0 Å². The maximum atomic E-state index is 12.9. The molecule has 1 amide bonds. The lowest BCUT2D eigenvalue weighted by atomic mass is 10.1. The Hall–Kier alpha value is -2.33. The number of hydrogen-bond acceptors (Lipinski definition) is 3. The number of amides is 1. The molecule has 1 atom stereocenters. The lowest BCUT2D eigenvalue weighted by Gasteiger charge is -2.33. The zero-order valence-corrected chi connectivity index (χ0v) is 15.1. The second-order valence-electron chi connectivity index (χ2n) is 7.12. The van der Waals surface area contributed by atoms with Gasteiger partial charge >= 0.3 is 0 Å². The summed E-state index contributed by atoms with van der Waals surface area (Å²) in [5.74, 6) is 0.0967. The van der Waals surface area contributed by atoms with Crippen molar-refractivity contribution >= 4 is 11.6 Å². The molecule has 0 aromatic heterocycles. The molecule has 0 bridgehead atoms. The summed E-state index contributed by atoms with van der Waals surface area (Å²) in [4.78, 5) is 17.2. The second kappa shape index (κ2) is 7.92. The molecule has 2 aromatic rings. The molecule has 2 saturated heterocycles. The number of morpholine rings is 1. The molecule has 2 heterocycles. The normalized spacial score (nSPS) is 20.8. The first kappa shape index (κ1) is 17.1. The Morgan fingerprint density at radius 2 is 1.62 bits per heavy atom. The molecule has 0 radical (unpaired) electrons. The molecule has 0 spiro atoms. The van der Waals surface area contributed by atoms with Crippen LogP contribution in [0.1, 0.15) is 41.3 Å². The summed E-state index contributed by atoms with van der Waals surface area (Å²) in [5, 5.41) is 0.